The Hall–Kier alpha value is -2.35. The zero-order chi connectivity index (χ0) is 17.7. The summed E-state index contributed by atoms with van der Waals surface area (Å²) in [6.45, 7) is 0.789. The molecule has 1 aromatic carbocycles. The van der Waals surface area contributed by atoms with E-state index in [4.69, 9.17) is 4.74 Å². The zero-order valence-electron chi connectivity index (χ0n) is 13.4. The molecule has 0 spiro atoms. The van der Waals surface area contributed by atoms with Gasteiger partial charge in [-0.15, -0.1) is 0 Å². The number of methoxy groups -OCH3 is 1. The number of alkyl halides is 3. The van der Waals surface area contributed by atoms with Crippen molar-refractivity contribution in [3.63, 3.8) is 0 Å². The Bertz CT molecular complexity index is 698. The van der Waals surface area contributed by atoms with E-state index in [2.05, 4.69) is 5.10 Å². The Labute approximate surface area is 137 Å². The largest absolute Gasteiger partial charge is 0.416 e. The molecule has 130 valence electrons. The predicted octanol–water partition coefficient (Wildman–Crippen LogP) is 2.73. The van der Waals surface area contributed by atoms with Gasteiger partial charge in [0.2, 0.25) is 0 Å². The van der Waals surface area contributed by atoms with Crippen LogP contribution in [-0.2, 0) is 24.5 Å². The van der Waals surface area contributed by atoms with Crippen LogP contribution in [0.15, 0.2) is 36.7 Å². The Balaban J connectivity index is 2.23. The molecule has 5 nitrogen and oxygen atoms in total. The second-order valence-electron chi connectivity index (χ2n) is 5.32. The highest BCUT2D eigenvalue weighted by molar-refractivity contribution is 5.94. The number of carbonyl (C=O) groups excluding carboxylic acids is 1. The van der Waals surface area contributed by atoms with E-state index in [0.717, 1.165) is 17.7 Å². The Morgan fingerprint density at radius 2 is 2.12 bits per heavy atom. The van der Waals surface area contributed by atoms with E-state index >= 15 is 0 Å². The molecule has 0 atom stereocenters. The normalized spacial score (nSPS) is 11.5. The number of carbonyl (C=O) groups is 1. The summed E-state index contributed by atoms with van der Waals surface area (Å²) in [6, 6.07) is 4.41. The number of amides is 1. The number of rotatable bonds is 6. The van der Waals surface area contributed by atoms with Crippen LogP contribution in [0, 0.1) is 0 Å². The monoisotopic (exact) mass is 341 g/mol. The molecule has 8 heteroatoms. The summed E-state index contributed by atoms with van der Waals surface area (Å²) in [4.78, 5) is 14.1. The maximum absolute atomic E-state index is 12.8. The van der Waals surface area contributed by atoms with E-state index in [1.807, 2.05) is 0 Å². The first-order valence-electron chi connectivity index (χ1n) is 7.24. The molecule has 0 fully saturated rings. The molecule has 1 aromatic heterocycles. The SMILES string of the molecule is COCCN(Cc1cnn(C)c1)C(=O)c1cccc(C(F)(F)F)c1. The van der Waals surface area contributed by atoms with Gasteiger partial charge in [0.25, 0.3) is 5.91 Å². The number of hydrogen-bond acceptors (Lipinski definition) is 3. The molecule has 24 heavy (non-hydrogen) atoms. The maximum Gasteiger partial charge on any atom is 0.416 e. The van der Waals surface area contributed by atoms with Crippen LogP contribution in [-0.4, -0.2) is 40.8 Å². The maximum atomic E-state index is 12.8. The Morgan fingerprint density at radius 1 is 1.38 bits per heavy atom. The van der Waals surface area contributed by atoms with Crippen molar-refractivity contribution in [2.75, 3.05) is 20.3 Å². The van der Waals surface area contributed by atoms with Gasteiger partial charge in [0.05, 0.1) is 18.4 Å². The highest BCUT2D eigenvalue weighted by Gasteiger charge is 2.31. The van der Waals surface area contributed by atoms with Crippen molar-refractivity contribution < 1.29 is 22.7 Å². The molecule has 0 N–H and O–H groups in total. The zero-order valence-corrected chi connectivity index (χ0v) is 13.4. The fourth-order valence-electron chi connectivity index (χ4n) is 2.24. The second-order valence-corrected chi connectivity index (χ2v) is 5.32. The first-order valence-corrected chi connectivity index (χ1v) is 7.24. The molecule has 0 radical (unpaired) electrons. The van der Waals surface area contributed by atoms with Crippen LogP contribution in [0.3, 0.4) is 0 Å². The minimum absolute atomic E-state index is 0.00943. The van der Waals surface area contributed by atoms with E-state index < -0.39 is 17.6 Å². The van der Waals surface area contributed by atoms with E-state index in [-0.39, 0.29) is 25.3 Å². The first-order chi connectivity index (χ1) is 11.3. The van der Waals surface area contributed by atoms with Gasteiger partial charge in [-0.05, 0) is 18.2 Å². The number of aryl methyl sites for hydroxylation is 1. The standard InChI is InChI=1S/C16H18F3N3O2/c1-21-10-12(9-20-21)11-22(6-7-24-2)15(23)13-4-3-5-14(8-13)16(17,18)19/h3-5,8-10H,6-7,11H2,1-2H3. The van der Waals surface area contributed by atoms with Crippen LogP contribution >= 0.6 is 0 Å². The van der Waals surface area contributed by atoms with Crippen LogP contribution in [0.2, 0.25) is 0 Å². The molecule has 0 aliphatic rings. The van der Waals surface area contributed by atoms with Crippen molar-refractivity contribution >= 4 is 5.91 Å². The van der Waals surface area contributed by atoms with Gasteiger partial charge in [0.15, 0.2) is 0 Å². The molecular formula is C16H18F3N3O2. The van der Waals surface area contributed by atoms with Crippen LogP contribution in [0.1, 0.15) is 21.5 Å². The summed E-state index contributed by atoms with van der Waals surface area (Å²) in [7, 11) is 3.24. The van der Waals surface area contributed by atoms with Gasteiger partial charge in [0, 0.05) is 44.6 Å². The van der Waals surface area contributed by atoms with Crippen LogP contribution < -0.4 is 0 Å². The molecule has 0 bridgehead atoms. The Kier molecular flexibility index (Phi) is 5.61. The van der Waals surface area contributed by atoms with E-state index in [9.17, 15) is 18.0 Å². The molecule has 1 heterocycles. The summed E-state index contributed by atoms with van der Waals surface area (Å²) in [5.74, 6) is -0.484. The number of halogens is 3. The summed E-state index contributed by atoms with van der Waals surface area (Å²) >= 11 is 0. The molecule has 2 rings (SSSR count). The number of benzene rings is 1. The van der Waals surface area contributed by atoms with Gasteiger partial charge in [-0.25, -0.2) is 0 Å². The van der Waals surface area contributed by atoms with Crippen molar-refractivity contribution in [2.45, 2.75) is 12.7 Å². The lowest BCUT2D eigenvalue weighted by atomic mass is 10.1. The highest BCUT2D eigenvalue weighted by Crippen LogP contribution is 2.29. The van der Waals surface area contributed by atoms with E-state index in [0.29, 0.717) is 0 Å². The smallest absolute Gasteiger partial charge is 0.383 e. The highest BCUT2D eigenvalue weighted by atomic mass is 19.4. The predicted molar refractivity (Wildman–Crippen MR) is 81.3 cm³/mol. The minimum Gasteiger partial charge on any atom is -0.383 e. The van der Waals surface area contributed by atoms with Crippen LogP contribution in [0.4, 0.5) is 13.2 Å². The molecule has 0 aliphatic heterocycles. The first kappa shape index (κ1) is 18.0. The topological polar surface area (TPSA) is 47.4 Å². The van der Waals surface area contributed by atoms with Gasteiger partial charge in [-0.1, -0.05) is 6.07 Å². The lowest BCUT2D eigenvalue weighted by Crippen LogP contribution is -2.33. The number of aromatic nitrogens is 2. The fourth-order valence-corrected chi connectivity index (χ4v) is 2.24. The minimum atomic E-state index is -4.49. The molecule has 0 unspecified atom stereocenters. The van der Waals surface area contributed by atoms with E-state index in [1.54, 1.807) is 24.1 Å². The van der Waals surface area contributed by atoms with Crippen molar-refractivity contribution in [2.24, 2.45) is 7.05 Å². The number of hydrogen-bond donors (Lipinski definition) is 0. The third-order valence-corrected chi connectivity index (χ3v) is 3.42. The third-order valence-electron chi connectivity index (χ3n) is 3.42. The molecule has 0 aliphatic carbocycles. The third kappa shape index (κ3) is 4.58. The van der Waals surface area contributed by atoms with Crippen LogP contribution in [0.25, 0.3) is 0 Å². The van der Waals surface area contributed by atoms with E-state index in [1.165, 1.54) is 24.1 Å². The van der Waals surface area contributed by atoms with Gasteiger partial charge in [-0.2, -0.15) is 18.3 Å². The summed E-state index contributed by atoms with van der Waals surface area (Å²) in [6.07, 6.45) is -1.13. The molecule has 1 amide bonds. The molecule has 0 saturated heterocycles. The molecule has 0 saturated carbocycles. The summed E-state index contributed by atoms with van der Waals surface area (Å²) in [5, 5.41) is 4.03. The van der Waals surface area contributed by atoms with Crippen molar-refractivity contribution in [3.8, 4) is 0 Å². The second kappa shape index (κ2) is 7.48. The summed E-state index contributed by atoms with van der Waals surface area (Å²) < 4.78 is 45.1. The fraction of sp³-hybridized carbons (Fsp3) is 0.375. The molecular weight excluding hydrogens is 323 g/mol. The molecule has 2 aromatic rings. The quantitative estimate of drug-likeness (QED) is 0.812. The number of ether oxygens (including phenoxy) is 1. The van der Waals surface area contributed by atoms with Crippen molar-refractivity contribution in [1.82, 2.24) is 14.7 Å². The number of nitrogens with zero attached hydrogens (tertiary/aromatic N) is 3. The average molecular weight is 341 g/mol. The van der Waals surface area contributed by atoms with Gasteiger partial charge in [0.1, 0.15) is 0 Å². The Morgan fingerprint density at radius 3 is 2.71 bits per heavy atom. The average Bonchev–Trinajstić information content (AvgIpc) is 2.95. The van der Waals surface area contributed by atoms with Gasteiger partial charge >= 0.3 is 6.18 Å². The summed E-state index contributed by atoms with van der Waals surface area (Å²) in [5.41, 5.74) is -0.0693. The van der Waals surface area contributed by atoms with Crippen molar-refractivity contribution in [1.29, 1.82) is 0 Å². The van der Waals surface area contributed by atoms with Gasteiger partial charge < -0.3 is 9.64 Å². The lowest BCUT2D eigenvalue weighted by molar-refractivity contribution is -0.137. The van der Waals surface area contributed by atoms with Gasteiger partial charge in [-0.3, -0.25) is 9.48 Å². The lowest BCUT2D eigenvalue weighted by Gasteiger charge is -2.22. The van der Waals surface area contributed by atoms with Crippen molar-refractivity contribution in [3.05, 3.63) is 53.3 Å². The van der Waals surface area contributed by atoms with Crippen LogP contribution in [0.5, 0.6) is 0 Å².